The van der Waals surface area contributed by atoms with Crippen molar-refractivity contribution in [2.24, 2.45) is 0 Å². The molecule has 6 heteroatoms. The number of aromatic nitrogens is 2. The van der Waals surface area contributed by atoms with Gasteiger partial charge in [0.1, 0.15) is 4.47 Å². The van der Waals surface area contributed by atoms with Crippen LogP contribution >= 0.6 is 31.9 Å². The Morgan fingerprint density at radius 2 is 2.00 bits per heavy atom. The standard InChI is InChI=1S/C12H11Br2N3O/c13-9-3-1-2-4-11(9)16-5-6-17-8-15-7-10(14)12(17)18/h1-4,7-8,16H,5-6H2. The lowest BCUT2D eigenvalue weighted by Gasteiger charge is -2.09. The van der Waals surface area contributed by atoms with E-state index in [1.807, 2.05) is 24.3 Å². The van der Waals surface area contributed by atoms with E-state index >= 15 is 0 Å². The molecule has 0 saturated heterocycles. The van der Waals surface area contributed by atoms with Gasteiger partial charge in [0.15, 0.2) is 0 Å². The molecule has 1 heterocycles. The maximum Gasteiger partial charge on any atom is 0.267 e. The van der Waals surface area contributed by atoms with Crippen molar-refractivity contribution in [1.29, 1.82) is 0 Å². The van der Waals surface area contributed by atoms with Crippen LogP contribution in [0.4, 0.5) is 5.69 Å². The van der Waals surface area contributed by atoms with E-state index in [0.717, 1.165) is 10.2 Å². The van der Waals surface area contributed by atoms with Crippen molar-refractivity contribution in [3.63, 3.8) is 0 Å². The van der Waals surface area contributed by atoms with Crippen LogP contribution in [0.5, 0.6) is 0 Å². The zero-order valence-electron chi connectivity index (χ0n) is 9.44. The molecule has 0 aliphatic rings. The third kappa shape index (κ3) is 3.20. The van der Waals surface area contributed by atoms with Gasteiger partial charge in [-0.2, -0.15) is 0 Å². The monoisotopic (exact) mass is 371 g/mol. The number of hydrogen-bond acceptors (Lipinski definition) is 3. The summed E-state index contributed by atoms with van der Waals surface area (Å²) in [6.45, 7) is 1.22. The Morgan fingerprint density at radius 1 is 1.22 bits per heavy atom. The average molecular weight is 373 g/mol. The highest BCUT2D eigenvalue weighted by Crippen LogP contribution is 2.20. The first-order valence-electron chi connectivity index (χ1n) is 5.37. The summed E-state index contributed by atoms with van der Waals surface area (Å²) in [6, 6.07) is 7.86. The van der Waals surface area contributed by atoms with Crippen LogP contribution in [0, 0.1) is 0 Å². The first kappa shape index (κ1) is 13.3. The molecule has 2 rings (SSSR count). The van der Waals surface area contributed by atoms with Crippen molar-refractivity contribution in [2.45, 2.75) is 6.54 Å². The van der Waals surface area contributed by atoms with Crippen molar-refractivity contribution in [2.75, 3.05) is 11.9 Å². The summed E-state index contributed by atoms with van der Waals surface area (Å²) in [5, 5.41) is 3.26. The van der Waals surface area contributed by atoms with Gasteiger partial charge in [0.2, 0.25) is 0 Å². The molecule has 0 fully saturated rings. The van der Waals surface area contributed by atoms with E-state index in [1.54, 1.807) is 4.57 Å². The highest BCUT2D eigenvalue weighted by Gasteiger charge is 2.01. The van der Waals surface area contributed by atoms with Gasteiger partial charge < -0.3 is 5.32 Å². The topological polar surface area (TPSA) is 46.9 Å². The van der Waals surface area contributed by atoms with Gasteiger partial charge in [0.05, 0.1) is 6.33 Å². The number of benzene rings is 1. The number of para-hydroxylation sites is 1. The fourth-order valence-electron chi connectivity index (χ4n) is 1.50. The molecule has 0 spiro atoms. The summed E-state index contributed by atoms with van der Waals surface area (Å²) < 4.78 is 3.05. The smallest absolute Gasteiger partial charge is 0.267 e. The molecule has 0 radical (unpaired) electrons. The molecule has 4 nitrogen and oxygen atoms in total. The fourth-order valence-corrected chi connectivity index (χ4v) is 2.27. The summed E-state index contributed by atoms with van der Waals surface area (Å²) in [5.74, 6) is 0. The van der Waals surface area contributed by atoms with Crippen molar-refractivity contribution in [3.8, 4) is 0 Å². The summed E-state index contributed by atoms with van der Waals surface area (Å²) >= 11 is 6.63. The Hall–Kier alpha value is -1.14. The number of nitrogens with one attached hydrogen (secondary N) is 1. The van der Waals surface area contributed by atoms with E-state index in [1.165, 1.54) is 12.5 Å². The van der Waals surface area contributed by atoms with E-state index in [9.17, 15) is 4.79 Å². The Kier molecular flexibility index (Phi) is 4.54. The molecule has 0 aliphatic heterocycles. The molecular formula is C12H11Br2N3O. The molecule has 0 unspecified atom stereocenters. The van der Waals surface area contributed by atoms with Crippen LogP contribution in [-0.2, 0) is 6.54 Å². The van der Waals surface area contributed by atoms with Gasteiger partial charge in [0.25, 0.3) is 5.56 Å². The van der Waals surface area contributed by atoms with Crippen LogP contribution in [0.25, 0.3) is 0 Å². The van der Waals surface area contributed by atoms with Gasteiger partial charge in [-0.05, 0) is 44.0 Å². The van der Waals surface area contributed by atoms with Crippen LogP contribution in [0.15, 0.2) is 50.5 Å². The third-order valence-electron chi connectivity index (χ3n) is 2.40. The minimum absolute atomic E-state index is 0.0704. The number of halogens is 2. The van der Waals surface area contributed by atoms with Crippen LogP contribution in [0.2, 0.25) is 0 Å². The molecule has 1 N–H and O–H groups in total. The molecule has 18 heavy (non-hydrogen) atoms. The molecule has 0 amide bonds. The van der Waals surface area contributed by atoms with Gasteiger partial charge in [-0.1, -0.05) is 12.1 Å². The second-order valence-electron chi connectivity index (χ2n) is 3.65. The maximum atomic E-state index is 11.7. The molecule has 0 bridgehead atoms. The van der Waals surface area contributed by atoms with Crippen molar-refractivity contribution in [1.82, 2.24) is 9.55 Å². The van der Waals surface area contributed by atoms with Gasteiger partial charge in [-0.25, -0.2) is 4.98 Å². The molecule has 1 aromatic carbocycles. The largest absolute Gasteiger partial charge is 0.382 e. The second kappa shape index (κ2) is 6.15. The first-order chi connectivity index (χ1) is 8.68. The Bertz CT molecular complexity index is 598. The zero-order valence-corrected chi connectivity index (χ0v) is 12.6. The Labute approximate surface area is 121 Å². The van der Waals surface area contributed by atoms with Gasteiger partial charge >= 0.3 is 0 Å². The number of nitrogens with zero attached hydrogens (tertiary/aromatic N) is 2. The van der Waals surface area contributed by atoms with E-state index in [-0.39, 0.29) is 5.56 Å². The van der Waals surface area contributed by atoms with Crippen molar-refractivity contribution < 1.29 is 0 Å². The van der Waals surface area contributed by atoms with Crippen LogP contribution in [0.3, 0.4) is 0 Å². The second-order valence-corrected chi connectivity index (χ2v) is 5.36. The molecule has 0 atom stereocenters. The average Bonchev–Trinajstić information content (AvgIpc) is 2.37. The van der Waals surface area contributed by atoms with E-state index < -0.39 is 0 Å². The normalized spacial score (nSPS) is 10.3. The fraction of sp³-hybridized carbons (Fsp3) is 0.167. The van der Waals surface area contributed by atoms with Crippen LogP contribution in [0.1, 0.15) is 0 Å². The SMILES string of the molecule is O=c1c(Br)cncn1CCNc1ccccc1Br. The van der Waals surface area contributed by atoms with Gasteiger partial charge in [0, 0.05) is 29.4 Å². The predicted molar refractivity (Wildman–Crippen MR) is 78.8 cm³/mol. The quantitative estimate of drug-likeness (QED) is 0.897. The third-order valence-corrected chi connectivity index (χ3v) is 3.64. The minimum atomic E-state index is -0.0704. The Balaban J connectivity index is 1.99. The van der Waals surface area contributed by atoms with Crippen LogP contribution in [-0.4, -0.2) is 16.1 Å². The number of hydrogen-bond donors (Lipinski definition) is 1. The van der Waals surface area contributed by atoms with Gasteiger partial charge in [-0.15, -0.1) is 0 Å². The summed E-state index contributed by atoms with van der Waals surface area (Å²) in [7, 11) is 0. The van der Waals surface area contributed by atoms with Crippen LogP contribution < -0.4 is 10.9 Å². The van der Waals surface area contributed by atoms with Crippen molar-refractivity contribution in [3.05, 3.63) is 56.1 Å². The molecule has 2 aromatic rings. The number of rotatable bonds is 4. The molecule has 0 saturated carbocycles. The maximum absolute atomic E-state index is 11.7. The van der Waals surface area contributed by atoms with Gasteiger partial charge in [-0.3, -0.25) is 9.36 Å². The van der Waals surface area contributed by atoms with E-state index in [2.05, 4.69) is 42.2 Å². The van der Waals surface area contributed by atoms with E-state index in [4.69, 9.17) is 0 Å². The summed E-state index contributed by atoms with van der Waals surface area (Å²) in [5.41, 5.74) is 0.937. The summed E-state index contributed by atoms with van der Waals surface area (Å²) in [6.07, 6.45) is 3.04. The highest BCUT2D eigenvalue weighted by atomic mass is 79.9. The number of anilines is 1. The predicted octanol–water partition coefficient (Wildman–Crippen LogP) is 2.88. The lowest BCUT2D eigenvalue weighted by atomic mass is 10.3. The molecule has 1 aromatic heterocycles. The Morgan fingerprint density at radius 3 is 2.78 bits per heavy atom. The highest BCUT2D eigenvalue weighted by molar-refractivity contribution is 9.10. The molecule has 94 valence electrons. The minimum Gasteiger partial charge on any atom is -0.382 e. The molecular weight excluding hydrogens is 362 g/mol. The van der Waals surface area contributed by atoms with E-state index in [0.29, 0.717) is 17.6 Å². The van der Waals surface area contributed by atoms with Crippen molar-refractivity contribution >= 4 is 37.5 Å². The first-order valence-corrected chi connectivity index (χ1v) is 6.95. The zero-order chi connectivity index (χ0) is 13.0. The summed E-state index contributed by atoms with van der Waals surface area (Å²) in [4.78, 5) is 15.7. The molecule has 0 aliphatic carbocycles. The lowest BCUT2D eigenvalue weighted by Crippen LogP contribution is -2.24. The lowest BCUT2D eigenvalue weighted by molar-refractivity contribution is 0.676.